The second-order valence-electron chi connectivity index (χ2n) is 11.2. The Balaban J connectivity index is 1.36. The molecule has 230 valence electrons. The molecule has 2 fully saturated rings. The van der Waals surface area contributed by atoms with Crippen molar-refractivity contribution in [3.05, 3.63) is 42.1 Å². The predicted octanol–water partition coefficient (Wildman–Crippen LogP) is 5.62. The summed E-state index contributed by atoms with van der Waals surface area (Å²) in [5.74, 6) is 2.85. The standard InChI is InChI=1S/C31H45FN6O3S/c1-5-38(22(3)4)31(39)27-15-25(32)11-12-28(27)41-29-19-34-21-35-30(29)37-13-14-40-26(20-37)18-33-16-23-7-9-24(10-8-23)17-36-42-6-2/h11-12,15,17,19,21-24,26,33H,5-10,13-14,16,18,20H2,1-4H3/t23?,24?,26-/m0/s1. The molecule has 1 aliphatic carbocycles. The van der Waals surface area contributed by atoms with Crippen LogP contribution in [0.3, 0.4) is 0 Å². The van der Waals surface area contributed by atoms with Crippen LogP contribution in [0.1, 0.15) is 63.7 Å². The third-order valence-corrected chi connectivity index (χ3v) is 8.41. The maximum atomic E-state index is 14.2. The number of benzene rings is 1. The average molecular weight is 601 g/mol. The van der Waals surface area contributed by atoms with Crippen LogP contribution in [0.4, 0.5) is 10.2 Å². The molecule has 1 atom stereocenters. The zero-order chi connectivity index (χ0) is 29.9. The van der Waals surface area contributed by atoms with Gasteiger partial charge in [-0.15, -0.1) is 0 Å². The van der Waals surface area contributed by atoms with E-state index in [0.717, 1.165) is 18.8 Å². The van der Waals surface area contributed by atoms with E-state index in [1.165, 1.54) is 50.2 Å². The van der Waals surface area contributed by atoms with Crippen molar-refractivity contribution in [2.75, 3.05) is 50.0 Å². The maximum absolute atomic E-state index is 14.2. The second kappa shape index (κ2) is 16.2. The zero-order valence-electron chi connectivity index (χ0n) is 25.3. The van der Waals surface area contributed by atoms with E-state index in [2.05, 4.69) is 37.7 Å². The van der Waals surface area contributed by atoms with Crippen LogP contribution in [-0.4, -0.2) is 84.2 Å². The zero-order valence-corrected chi connectivity index (χ0v) is 26.1. The van der Waals surface area contributed by atoms with E-state index >= 15 is 0 Å². The summed E-state index contributed by atoms with van der Waals surface area (Å²) < 4.78 is 31.0. The summed E-state index contributed by atoms with van der Waals surface area (Å²) >= 11 is 1.63. The lowest BCUT2D eigenvalue weighted by Gasteiger charge is -2.35. The highest BCUT2D eigenvalue weighted by atomic mass is 32.2. The van der Waals surface area contributed by atoms with E-state index in [1.807, 2.05) is 20.8 Å². The molecule has 1 N–H and O–H groups in total. The molecule has 9 nitrogen and oxygen atoms in total. The Labute approximate surface area is 253 Å². The highest BCUT2D eigenvalue weighted by Gasteiger charge is 2.27. The predicted molar refractivity (Wildman–Crippen MR) is 167 cm³/mol. The first-order chi connectivity index (χ1) is 20.4. The van der Waals surface area contributed by atoms with Crippen LogP contribution in [0, 0.1) is 17.7 Å². The van der Waals surface area contributed by atoms with Crippen molar-refractivity contribution in [3.63, 3.8) is 0 Å². The Morgan fingerprint density at radius 3 is 2.81 bits per heavy atom. The van der Waals surface area contributed by atoms with Gasteiger partial charge in [-0.3, -0.25) is 4.79 Å². The van der Waals surface area contributed by atoms with Crippen LogP contribution < -0.4 is 15.0 Å². The number of hydrogen-bond acceptors (Lipinski definition) is 9. The van der Waals surface area contributed by atoms with E-state index < -0.39 is 5.82 Å². The van der Waals surface area contributed by atoms with Gasteiger partial charge in [0.15, 0.2) is 11.6 Å². The first-order valence-corrected chi connectivity index (χ1v) is 16.1. The largest absolute Gasteiger partial charge is 0.451 e. The number of amides is 1. The third-order valence-electron chi connectivity index (χ3n) is 7.89. The van der Waals surface area contributed by atoms with Gasteiger partial charge < -0.3 is 24.6 Å². The molecule has 0 bridgehead atoms. The summed E-state index contributed by atoms with van der Waals surface area (Å²) in [5.41, 5.74) is 0.172. The minimum absolute atomic E-state index is 0.00298. The molecule has 2 aliphatic rings. The minimum Gasteiger partial charge on any atom is -0.451 e. The van der Waals surface area contributed by atoms with E-state index in [9.17, 15) is 9.18 Å². The normalized spacial score (nSPS) is 21.2. The van der Waals surface area contributed by atoms with Gasteiger partial charge in [-0.25, -0.2) is 18.8 Å². The monoisotopic (exact) mass is 600 g/mol. The third kappa shape index (κ3) is 8.87. The van der Waals surface area contributed by atoms with Crippen LogP contribution in [0.5, 0.6) is 11.5 Å². The number of halogens is 1. The number of morpholine rings is 1. The van der Waals surface area contributed by atoms with Gasteiger partial charge in [0.25, 0.3) is 5.91 Å². The lowest BCUT2D eigenvalue weighted by molar-refractivity contribution is 0.0397. The topological polar surface area (TPSA) is 92.2 Å². The molecule has 2 heterocycles. The molecule has 4 rings (SSSR count). The average Bonchev–Trinajstić information content (AvgIpc) is 2.99. The van der Waals surface area contributed by atoms with Gasteiger partial charge in [0.2, 0.25) is 0 Å². The molecule has 1 aliphatic heterocycles. The van der Waals surface area contributed by atoms with Gasteiger partial charge in [-0.05, 0) is 95.0 Å². The number of hydrogen-bond donors (Lipinski definition) is 1. The van der Waals surface area contributed by atoms with E-state index in [-0.39, 0.29) is 29.4 Å². The van der Waals surface area contributed by atoms with Crippen molar-refractivity contribution < 1.29 is 18.7 Å². The fraction of sp³-hybridized carbons (Fsp3) is 0.613. The van der Waals surface area contributed by atoms with Crippen LogP contribution in [0.2, 0.25) is 0 Å². The van der Waals surface area contributed by atoms with Gasteiger partial charge >= 0.3 is 0 Å². The van der Waals surface area contributed by atoms with Crippen molar-refractivity contribution in [2.24, 2.45) is 16.2 Å². The number of carbonyl (C=O) groups is 1. The van der Waals surface area contributed by atoms with Crippen molar-refractivity contribution in [2.45, 2.75) is 65.5 Å². The minimum atomic E-state index is -0.494. The number of nitrogens with one attached hydrogen (secondary N) is 1. The Morgan fingerprint density at radius 1 is 1.26 bits per heavy atom. The maximum Gasteiger partial charge on any atom is 0.257 e. The molecule has 0 unspecified atom stereocenters. The molecule has 0 spiro atoms. The number of rotatable bonds is 13. The summed E-state index contributed by atoms with van der Waals surface area (Å²) in [5, 5.41) is 3.64. The summed E-state index contributed by atoms with van der Waals surface area (Å²) in [6, 6.07) is 3.98. The molecular formula is C31H45FN6O3S. The summed E-state index contributed by atoms with van der Waals surface area (Å²) in [6.45, 7) is 12.0. The van der Waals surface area contributed by atoms with E-state index in [0.29, 0.717) is 49.6 Å². The lowest BCUT2D eigenvalue weighted by atomic mass is 9.82. The van der Waals surface area contributed by atoms with Gasteiger partial charge in [-0.2, -0.15) is 0 Å². The SMILES string of the molecule is CCSN=CC1CCC(CNC[C@H]2CN(c3ncncc3Oc3ccc(F)cc3C(=O)N(CC)C(C)C)CCO2)CC1. The fourth-order valence-electron chi connectivity index (χ4n) is 5.62. The molecule has 1 saturated carbocycles. The smallest absolute Gasteiger partial charge is 0.257 e. The van der Waals surface area contributed by atoms with Gasteiger partial charge in [-0.1, -0.05) is 6.92 Å². The summed E-state index contributed by atoms with van der Waals surface area (Å²) in [4.78, 5) is 25.8. The van der Waals surface area contributed by atoms with Crippen molar-refractivity contribution in [1.29, 1.82) is 0 Å². The Bertz CT molecular complexity index is 1180. The first-order valence-electron chi connectivity index (χ1n) is 15.2. The van der Waals surface area contributed by atoms with Gasteiger partial charge in [0, 0.05) is 44.2 Å². The van der Waals surface area contributed by atoms with Crippen molar-refractivity contribution in [1.82, 2.24) is 20.2 Å². The number of ether oxygens (including phenoxy) is 2. The molecule has 42 heavy (non-hydrogen) atoms. The molecule has 1 amide bonds. The number of carbonyl (C=O) groups excluding carboxylic acids is 1. The van der Waals surface area contributed by atoms with Gasteiger partial charge in [0.05, 0.1) is 24.5 Å². The molecule has 2 aromatic rings. The van der Waals surface area contributed by atoms with Crippen LogP contribution in [-0.2, 0) is 4.74 Å². The van der Waals surface area contributed by atoms with Crippen LogP contribution in [0.25, 0.3) is 0 Å². The van der Waals surface area contributed by atoms with E-state index in [1.54, 1.807) is 23.0 Å². The van der Waals surface area contributed by atoms with Crippen molar-refractivity contribution >= 4 is 29.9 Å². The molecule has 1 aromatic heterocycles. The highest BCUT2D eigenvalue weighted by Crippen LogP contribution is 2.33. The first kappa shape index (κ1) is 32.2. The quantitative estimate of drug-likeness (QED) is 0.234. The number of anilines is 1. The lowest BCUT2D eigenvalue weighted by Crippen LogP contribution is -2.47. The van der Waals surface area contributed by atoms with E-state index in [4.69, 9.17) is 9.47 Å². The molecule has 0 radical (unpaired) electrons. The molecule has 11 heteroatoms. The molecule has 1 saturated heterocycles. The van der Waals surface area contributed by atoms with Crippen LogP contribution >= 0.6 is 11.9 Å². The Morgan fingerprint density at radius 2 is 2.07 bits per heavy atom. The fourth-order valence-corrected chi connectivity index (χ4v) is 6.03. The Kier molecular flexibility index (Phi) is 12.4. The summed E-state index contributed by atoms with van der Waals surface area (Å²) in [7, 11) is 0. The number of aromatic nitrogens is 2. The van der Waals surface area contributed by atoms with Gasteiger partial charge in [0.1, 0.15) is 17.9 Å². The Hall–Kier alpha value is -2.76. The highest BCUT2D eigenvalue weighted by molar-refractivity contribution is 7.98. The molecular weight excluding hydrogens is 555 g/mol. The van der Waals surface area contributed by atoms with Crippen molar-refractivity contribution in [3.8, 4) is 11.5 Å². The number of nitrogens with zero attached hydrogens (tertiary/aromatic N) is 5. The molecule has 1 aromatic carbocycles. The summed E-state index contributed by atoms with van der Waals surface area (Å²) in [6.07, 6.45) is 10.1. The second-order valence-corrected chi connectivity index (χ2v) is 12.2. The van der Waals surface area contributed by atoms with Crippen LogP contribution in [0.15, 0.2) is 35.1 Å².